The first-order valence-corrected chi connectivity index (χ1v) is 11.2. The van der Waals surface area contributed by atoms with E-state index in [1.54, 1.807) is 38.1 Å². The number of rotatable bonds is 12. The lowest BCUT2D eigenvalue weighted by molar-refractivity contribution is -0.0258. The molecule has 25 heavy (non-hydrogen) atoms. The maximum absolute atomic E-state index is 13.1. The monoisotopic (exact) mass is 396 g/mol. The summed E-state index contributed by atoms with van der Waals surface area (Å²) in [7, 11) is -7.82. The van der Waals surface area contributed by atoms with Gasteiger partial charge in [0.2, 0.25) is 0 Å². The van der Waals surface area contributed by atoms with Crippen molar-refractivity contribution in [3.63, 3.8) is 0 Å². The Morgan fingerprint density at radius 3 is 2.12 bits per heavy atom. The van der Waals surface area contributed by atoms with E-state index in [1.165, 1.54) is 0 Å². The molecule has 0 heterocycles. The number of hydrogen-bond donors (Lipinski definition) is 1. The third kappa shape index (κ3) is 7.53. The van der Waals surface area contributed by atoms with Crippen LogP contribution >= 0.6 is 7.60 Å². The molecule has 2 atom stereocenters. The largest absolute Gasteiger partial charge is 0.393 e. The Kier molecular flexibility index (Phi) is 9.23. The van der Waals surface area contributed by atoms with Crippen LogP contribution in [0.3, 0.4) is 0 Å². The van der Waals surface area contributed by atoms with Crippen molar-refractivity contribution in [1.82, 2.24) is 0 Å². The molecule has 0 amide bonds. The summed E-state index contributed by atoms with van der Waals surface area (Å²) in [6.45, 7) is 2.62. The molecule has 0 fully saturated rings. The molecule has 1 rings (SSSR count). The van der Waals surface area contributed by atoms with Gasteiger partial charge in [0.05, 0.1) is 32.7 Å². The fraction of sp³-hybridized carbons (Fsp3) is 0.600. The molecular weight excluding hydrogens is 371 g/mol. The fourth-order valence-corrected chi connectivity index (χ4v) is 4.70. The van der Waals surface area contributed by atoms with Gasteiger partial charge in [-0.25, -0.2) is 0 Å². The zero-order valence-electron chi connectivity index (χ0n) is 14.5. The highest BCUT2D eigenvalue weighted by atomic mass is 32.2. The van der Waals surface area contributed by atoms with E-state index >= 15 is 0 Å². The zero-order chi connectivity index (χ0) is 18.9. The van der Waals surface area contributed by atoms with Crippen molar-refractivity contribution in [2.45, 2.75) is 32.4 Å². The molecule has 0 saturated carbocycles. The summed E-state index contributed by atoms with van der Waals surface area (Å²) in [5, 5.41) is 9.56. The standard InChI is InChI=1S/C15H25O8PS/c1-4-21-24(17,22-5-2)15(14(11-16)23-25(3,18)19)20-12-13-9-7-6-8-10-13/h6-10,14-16H,4-5,11-12H2,1-3H3/t14-,15-/m1/s1. The highest BCUT2D eigenvalue weighted by Crippen LogP contribution is 2.55. The van der Waals surface area contributed by atoms with Crippen molar-refractivity contribution in [2.75, 3.05) is 26.1 Å². The first-order valence-electron chi connectivity index (χ1n) is 7.79. The second kappa shape index (κ2) is 10.4. The van der Waals surface area contributed by atoms with Gasteiger partial charge in [-0.15, -0.1) is 0 Å². The summed E-state index contributed by atoms with van der Waals surface area (Å²) in [6.07, 6.45) is -0.599. The molecule has 1 N–H and O–H groups in total. The summed E-state index contributed by atoms with van der Waals surface area (Å²) in [5.74, 6) is -1.41. The van der Waals surface area contributed by atoms with Crippen molar-refractivity contribution >= 4 is 17.7 Å². The Morgan fingerprint density at radius 1 is 1.12 bits per heavy atom. The Balaban J connectivity index is 3.11. The first kappa shape index (κ1) is 22.2. The lowest BCUT2D eigenvalue weighted by Crippen LogP contribution is -2.37. The fourth-order valence-electron chi connectivity index (χ4n) is 2.09. The van der Waals surface area contributed by atoms with Gasteiger partial charge in [0, 0.05) is 0 Å². The van der Waals surface area contributed by atoms with Crippen LogP contribution < -0.4 is 0 Å². The topological polar surface area (TPSA) is 108 Å². The molecule has 0 aromatic heterocycles. The van der Waals surface area contributed by atoms with Gasteiger partial charge in [0.15, 0.2) is 5.85 Å². The third-order valence-electron chi connectivity index (χ3n) is 2.99. The molecule has 8 nitrogen and oxygen atoms in total. The molecule has 0 aliphatic carbocycles. The molecule has 10 heteroatoms. The van der Waals surface area contributed by atoms with Crippen molar-refractivity contribution in [2.24, 2.45) is 0 Å². The third-order valence-corrected chi connectivity index (χ3v) is 5.93. The quantitative estimate of drug-likeness (QED) is 0.423. The van der Waals surface area contributed by atoms with Gasteiger partial charge >= 0.3 is 7.60 Å². The Bertz CT molecular complexity index is 639. The van der Waals surface area contributed by atoms with Gasteiger partial charge in [0.1, 0.15) is 6.10 Å². The number of hydrogen-bond acceptors (Lipinski definition) is 8. The van der Waals surface area contributed by atoms with Crippen LogP contribution in [0.2, 0.25) is 0 Å². The summed E-state index contributed by atoms with van der Waals surface area (Å²) < 4.78 is 56.9. The highest BCUT2D eigenvalue weighted by molar-refractivity contribution is 7.86. The SMILES string of the molecule is CCOP(=O)(OCC)[C@@H](OCc1ccccc1)[C@@H](CO)OS(C)(=O)=O. The van der Waals surface area contributed by atoms with Gasteiger partial charge in [-0.2, -0.15) is 8.42 Å². The van der Waals surface area contributed by atoms with Crippen LogP contribution in [-0.4, -0.2) is 51.5 Å². The van der Waals surface area contributed by atoms with E-state index in [0.717, 1.165) is 11.8 Å². The van der Waals surface area contributed by atoms with E-state index in [0.29, 0.717) is 0 Å². The number of benzene rings is 1. The van der Waals surface area contributed by atoms with E-state index in [9.17, 15) is 18.1 Å². The Hall–Kier alpha value is -0.800. The van der Waals surface area contributed by atoms with Crippen molar-refractivity contribution in [3.8, 4) is 0 Å². The molecule has 0 radical (unpaired) electrons. The van der Waals surface area contributed by atoms with E-state index in [4.69, 9.17) is 18.0 Å². The van der Waals surface area contributed by atoms with E-state index in [-0.39, 0.29) is 19.8 Å². The van der Waals surface area contributed by atoms with Gasteiger partial charge in [0.25, 0.3) is 10.1 Å². The van der Waals surface area contributed by atoms with Crippen LogP contribution in [0.5, 0.6) is 0 Å². The van der Waals surface area contributed by atoms with Crippen molar-refractivity contribution < 1.29 is 36.1 Å². The average Bonchev–Trinajstić information content (AvgIpc) is 2.54. The lowest BCUT2D eigenvalue weighted by Gasteiger charge is -2.30. The van der Waals surface area contributed by atoms with Gasteiger partial charge in [-0.05, 0) is 19.4 Å². The number of ether oxygens (including phenoxy) is 1. The summed E-state index contributed by atoms with van der Waals surface area (Å²) in [6, 6.07) is 9.00. The molecule has 144 valence electrons. The van der Waals surface area contributed by atoms with Crippen LogP contribution in [0.4, 0.5) is 0 Å². The molecule has 0 spiro atoms. The minimum absolute atomic E-state index is 0.0132. The zero-order valence-corrected chi connectivity index (χ0v) is 16.2. The van der Waals surface area contributed by atoms with Crippen LogP contribution in [0.1, 0.15) is 19.4 Å². The van der Waals surface area contributed by atoms with Crippen LogP contribution in [0.15, 0.2) is 30.3 Å². The number of aliphatic hydroxyl groups is 1. The van der Waals surface area contributed by atoms with E-state index in [1.807, 2.05) is 6.07 Å². The normalized spacial score (nSPS) is 15.0. The lowest BCUT2D eigenvalue weighted by atomic mass is 10.2. The van der Waals surface area contributed by atoms with E-state index < -0.39 is 36.3 Å². The summed E-state index contributed by atoms with van der Waals surface area (Å²) in [5.41, 5.74) is 0.767. The van der Waals surface area contributed by atoms with Gasteiger partial charge in [-0.1, -0.05) is 30.3 Å². The van der Waals surface area contributed by atoms with Crippen molar-refractivity contribution in [1.29, 1.82) is 0 Å². The second-order valence-corrected chi connectivity index (χ2v) is 8.79. The minimum atomic E-state index is -3.93. The Labute approximate surface area is 148 Å². The van der Waals surface area contributed by atoms with Crippen LogP contribution in [0, 0.1) is 0 Å². The average molecular weight is 396 g/mol. The maximum Gasteiger partial charge on any atom is 0.361 e. The predicted molar refractivity (Wildman–Crippen MR) is 92.7 cm³/mol. The molecule has 0 unspecified atom stereocenters. The molecule has 0 bridgehead atoms. The second-order valence-electron chi connectivity index (χ2n) is 5.08. The summed E-state index contributed by atoms with van der Waals surface area (Å²) >= 11 is 0. The Morgan fingerprint density at radius 2 is 1.68 bits per heavy atom. The molecule has 0 aliphatic rings. The van der Waals surface area contributed by atoms with Crippen LogP contribution in [0.25, 0.3) is 0 Å². The smallest absolute Gasteiger partial charge is 0.361 e. The summed E-state index contributed by atoms with van der Waals surface area (Å²) in [4.78, 5) is 0. The molecular formula is C15H25O8PS. The molecule has 0 aliphatic heterocycles. The number of aliphatic hydroxyl groups excluding tert-OH is 1. The predicted octanol–water partition coefficient (Wildman–Crippen LogP) is 2.13. The first-order chi connectivity index (χ1) is 11.8. The van der Waals surface area contributed by atoms with Gasteiger partial charge < -0.3 is 18.9 Å². The maximum atomic E-state index is 13.1. The molecule has 0 saturated heterocycles. The van der Waals surface area contributed by atoms with Crippen LogP contribution in [-0.2, 0) is 39.3 Å². The molecule has 1 aromatic rings. The van der Waals surface area contributed by atoms with Crippen molar-refractivity contribution in [3.05, 3.63) is 35.9 Å². The van der Waals surface area contributed by atoms with E-state index in [2.05, 4.69) is 0 Å². The molecule has 1 aromatic carbocycles. The highest BCUT2D eigenvalue weighted by Gasteiger charge is 2.44. The minimum Gasteiger partial charge on any atom is -0.393 e. The van der Waals surface area contributed by atoms with Gasteiger partial charge in [-0.3, -0.25) is 8.75 Å².